The summed E-state index contributed by atoms with van der Waals surface area (Å²) in [6.45, 7) is 6.64. The fourth-order valence-electron chi connectivity index (χ4n) is 5.60. The molecule has 0 radical (unpaired) electrons. The first-order chi connectivity index (χ1) is 16.4. The average molecular weight is 489 g/mol. The highest BCUT2D eigenvalue weighted by Gasteiger charge is 2.45. The van der Waals surface area contributed by atoms with Gasteiger partial charge in [0.25, 0.3) is 5.91 Å². The number of rotatable bonds is 9. The van der Waals surface area contributed by atoms with Gasteiger partial charge in [0.2, 0.25) is 11.8 Å². The van der Waals surface area contributed by atoms with Gasteiger partial charge in [0.05, 0.1) is 10.9 Å². The minimum atomic E-state index is -0.546. The first kappa shape index (κ1) is 25.2. The molecule has 7 nitrogen and oxygen atoms in total. The van der Waals surface area contributed by atoms with Gasteiger partial charge in [0.1, 0.15) is 6.04 Å². The van der Waals surface area contributed by atoms with E-state index in [-0.39, 0.29) is 29.7 Å². The lowest BCUT2D eigenvalue weighted by Crippen LogP contribution is -2.47. The number of carbonyl (C=O) groups is 3. The minimum absolute atomic E-state index is 0.0920. The lowest BCUT2D eigenvalue weighted by molar-refractivity contribution is -0.135. The first-order valence-corrected chi connectivity index (χ1v) is 13.9. The molecular formula is C26H40N4O3S. The van der Waals surface area contributed by atoms with Crippen molar-refractivity contribution in [1.29, 1.82) is 0 Å². The van der Waals surface area contributed by atoms with Crippen molar-refractivity contribution in [3.05, 3.63) is 22.4 Å². The molecule has 1 saturated heterocycles. The second-order valence-corrected chi connectivity index (χ2v) is 11.8. The second-order valence-electron chi connectivity index (χ2n) is 10.9. The molecule has 0 bridgehead atoms. The molecule has 4 atom stereocenters. The van der Waals surface area contributed by atoms with Crippen LogP contribution in [-0.4, -0.2) is 65.8 Å². The third-order valence-electron chi connectivity index (χ3n) is 7.58. The van der Waals surface area contributed by atoms with Crippen LogP contribution in [0.2, 0.25) is 0 Å². The number of nitrogens with two attached hydrogens (primary N) is 1. The molecule has 8 heteroatoms. The Morgan fingerprint density at radius 2 is 1.94 bits per heavy atom. The highest BCUT2D eigenvalue weighted by Crippen LogP contribution is 2.35. The number of likely N-dealkylation sites (tertiary alicyclic amines) is 1. The quantitative estimate of drug-likeness (QED) is 0.558. The maximum absolute atomic E-state index is 13.4. The van der Waals surface area contributed by atoms with Crippen LogP contribution in [0.1, 0.15) is 68.5 Å². The van der Waals surface area contributed by atoms with Gasteiger partial charge >= 0.3 is 0 Å². The molecule has 2 heterocycles. The van der Waals surface area contributed by atoms with Gasteiger partial charge in [-0.15, -0.1) is 11.3 Å². The van der Waals surface area contributed by atoms with Gasteiger partial charge < -0.3 is 20.9 Å². The summed E-state index contributed by atoms with van der Waals surface area (Å²) >= 11 is 1.40. The summed E-state index contributed by atoms with van der Waals surface area (Å²) in [5.41, 5.74) is 5.88. The molecule has 2 saturated carbocycles. The summed E-state index contributed by atoms with van der Waals surface area (Å²) in [6.07, 6.45) is 6.91. The molecule has 0 spiro atoms. The summed E-state index contributed by atoms with van der Waals surface area (Å²) in [6, 6.07) is 3.01. The largest absolute Gasteiger partial charge is 0.354 e. The van der Waals surface area contributed by atoms with Crippen molar-refractivity contribution in [3.63, 3.8) is 0 Å². The highest BCUT2D eigenvalue weighted by molar-refractivity contribution is 7.12. The van der Waals surface area contributed by atoms with Crippen molar-refractivity contribution in [3.8, 4) is 0 Å². The number of hydrogen-bond donors (Lipinski definition) is 2. The molecule has 3 N–H and O–H groups in total. The van der Waals surface area contributed by atoms with Crippen molar-refractivity contribution in [2.24, 2.45) is 29.4 Å². The summed E-state index contributed by atoms with van der Waals surface area (Å²) in [7, 11) is 0. The number of nitrogens with zero attached hydrogens (tertiary/aromatic N) is 2. The van der Waals surface area contributed by atoms with Gasteiger partial charge in [-0.25, -0.2) is 0 Å². The number of amides is 3. The summed E-state index contributed by atoms with van der Waals surface area (Å²) < 4.78 is 0. The third-order valence-corrected chi connectivity index (χ3v) is 8.43. The predicted molar refractivity (Wildman–Crippen MR) is 134 cm³/mol. The summed E-state index contributed by atoms with van der Waals surface area (Å²) in [4.78, 5) is 44.2. The van der Waals surface area contributed by atoms with Crippen LogP contribution in [0.5, 0.6) is 0 Å². The van der Waals surface area contributed by atoms with Crippen molar-refractivity contribution < 1.29 is 14.4 Å². The van der Waals surface area contributed by atoms with Crippen LogP contribution in [0.25, 0.3) is 0 Å². The number of thiophene rings is 1. The average Bonchev–Trinajstić information content (AvgIpc) is 3.35. The summed E-state index contributed by atoms with van der Waals surface area (Å²) in [5, 5.41) is 5.04. The van der Waals surface area contributed by atoms with Crippen LogP contribution in [0, 0.1) is 23.7 Å². The lowest BCUT2D eigenvalue weighted by Gasteiger charge is -2.30. The Kier molecular flexibility index (Phi) is 8.30. The van der Waals surface area contributed by atoms with Crippen LogP contribution in [-0.2, 0) is 9.59 Å². The fourth-order valence-corrected chi connectivity index (χ4v) is 6.28. The molecule has 0 aromatic carbocycles. The van der Waals surface area contributed by atoms with Crippen LogP contribution >= 0.6 is 11.3 Å². The Labute approximate surface area is 207 Å². The van der Waals surface area contributed by atoms with Gasteiger partial charge in [-0.3, -0.25) is 14.4 Å². The molecule has 3 amide bonds. The van der Waals surface area contributed by atoms with E-state index >= 15 is 0 Å². The molecule has 3 aliphatic rings. The van der Waals surface area contributed by atoms with Gasteiger partial charge in [-0.2, -0.15) is 0 Å². The maximum Gasteiger partial charge on any atom is 0.264 e. The topological polar surface area (TPSA) is 95.7 Å². The predicted octanol–water partition coefficient (Wildman–Crippen LogP) is 3.11. The zero-order valence-corrected chi connectivity index (χ0v) is 21.4. The van der Waals surface area contributed by atoms with E-state index in [1.807, 2.05) is 22.4 Å². The van der Waals surface area contributed by atoms with E-state index in [9.17, 15) is 14.4 Å². The molecule has 4 unspecified atom stereocenters. The van der Waals surface area contributed by atoms with Gasteiger partial charge in [-0.05, 0) is 74.3 Å². The van der Waals surface area contributed by atoms with Crippen molar-refractivity contribution in [1.82, 2.24) is 15.1 Å². The normalized spacial score (nSPS) is 27.1. The Bertz CT molecular complexity index is 854. The minimum Gasteiger partial charge on any atom is -0.354 e. The first-order valence-electron chi connectivity index (χ1n) is 13.0. The van der Waals surface area contributed by atoms with Crippen LogP contribution in [0.3, 0.4) is 0 Å². The molecule has 188 valence electrons. The monoisotopic (exact) mass is 488 g/mol. The number of hydrogen-bond acceptors (Lipinski definition) is 5. The maximum atomic E-state index is 13.4. The zero-order valence-electron chi connectivity index (χ0n) is 20.6. The standard InChI is InChI=1S/C26H40N4O3S/c1-17(2)15-29(25(32)20-8-9-20)21-12-22(30(16-21)26(33)23-7-4-10-34-23)24(31)28-14-19-6-3-5-18(11-19)13-27/h4,7,10,17-22H,3,5-6,8-9,11-16,27H2,1-2H3,(H,28,31). The molecule has 1 aromatic heterocycles. The molecule has 2 aliphatic carbocycles. The van der Waals surface area contributed by atoms with E-state index in [0.717, 1.165) is 32.1 Å². The Morgan fingerprint density at radius 1 is 1.18 bits per heavy atom. The van der Waals surface area contributed by atoms with Crippen molar-refractivity contribution >= 4 is 29.1 Å². The zero-order chi connectivity index (χ0) is 24.2. The smallest absolute Gasteiger partial charge is 0.264 e. The molecule has 3 fully saturated rings. The van der Waals surface area contributed by atoms with Gasteiger partial charge in [0, 0.05) is 25.6 Å². The Balaban J connectivity index is 1.47. The molecule has 1 aromatic rings. The van der Waals surface area contributed by atoms with E-state index in [1.54, 1.807) is 4.90 Å². The highest BCUT2D eigenvalue weighted by atomic mass is 32.1. The molecule has 4 rings (SSSR count). The van der Waals surface area contributed by atoms with E-state index < -0.39 is 6.04 Å². The van der Waals surface area contributed by atoms with Gasteiger partial charge in [-0.1, -0.05) is 26.3 Å². The number of nitrogens with one attached hydrogen (secondary N) is 1. The van der Waals surface area contributed by atoms with E-state index in [0.29, 0.717) is 55.2 Å². The van der Waals surface area contributed by atoms with Crippen LogP contribution in [0.4, 0.5) is 0 Å². The fraction of sp³-hybridized carbons (Fsp3) is 0.731. The van der Waals surface area contributed by atoms with Crippen LogP contribution < -0.4 is 11.1 Å². The third kappa shape index (κ3) is 6.00. The Hall–Kier alpha value is -1.93. The molecule has 34 heavy (non-hydrogen) atoms. The SMILES string of the molecule is CC(C)CN(C(=O)C1CC1)C1CC(C(=O)NCC2CCCC(CN)C2)N(C(=O)c2cccs2)C1. The van der Waals surface area contributed by atoms with Crippen molar-refractivity contribution in [2.75, 3.05) is 26.2 Å². The van der Waals surface area contributed by atoms with Crippen molar-refractivity contribution in [2.45, 2.75) is 70.9 Å². The second kappa shape index (κ2) is 11.2. The van der Waals surface area contributed by atoms with E-state index in [4.69, 9.17) is 5.73 Å². The Morgan fingerprint density at radius 3 is 2.59 bits per heavy atom. The molecule has 1 aliphatic heterocycles. The van der Waals surface area contributed by atoms with E-state index in [1.165, 1.54) is 17.8 Å². The molecular weight excluding hydrogens is 448 g/mol. The number of carbonyl (C=O) groups excluding carboxylic acids is 3. The summed E-state index contributed by atoms with van der Waals surface area (Å²) in [5.74, 6) is 1.43. The lowest BCUT2D eigenvalue weighted by atomic mass is 9.81. The van der Waals surface area contributed by atoms with E-state index in [2.05, 4.69) is 19.2 Å². The van der Waals surface area contributed by atoms with Crippen LogP contribution in [0.15, 0.2) is 17.5 Å². The van der Waals surface area contributed by atoms with Gasteiger partial charge in [0.15, 0.2) is 0 Å².